The molecule has 5 atom stereocenters. The number of methoxy groups -OCH3 is 1. The molecule has 2 aliphatic heterocycles. The van der Waals surface area contributed by atoms with Crippen molar-refractivity contribution in [2.45, 2.75) is 44.8 Å². The van der Waals surface area contributed by atoms with Crippen LogP contribution in [0.4, 0.5) is 0 Å². The minimum absolute atomic E-state index is 0.133. The number of fused-ring (bicyclic) bond motifs is 2. The van der Waals surface area contributed by atoms with Crippen molar-refractivity contribution < 1.29 is 29.0 Å². The lowest BCUT2D eigenvalue weighted by atomic mass is 9.47. The summed E-state index contributed by atoms with van der Waals surface area (Å²) in [5, 5.41) is 12.0. The van der Waals surface area contributed by atoms with E-state index >= 15 is 0 Å². The maximum atomic E-state index is 13.2. The summed E-state index contributed by atoms with van der Waals surface area (Å²) in [7, 11) is 1.27. The number of ketones is 1. The molecule has 1 aromatic carbocycles. The number of ether oxygens (including phenoxy) is 2. The van der Waals surface area contributed by atoms with Crippen molar-refractivity contribution in [1.29, 1.82) is 0 Å². The van der Waals surface area contributed by atoms with Crippen LogP contribution in [0.3, 0.4) is 0 Å². The lowest BCUT2D eigenvalue weighted by Crippen LogP contribution is -2.71. The standard InChI is InChI=1S/C20H20O6/c1-8-4-11(17(22)25-3)15-13(21)7-19-9(2)5-14(26-18(19)23)12-6-10(8)16(15)20(12,19)24/h4,9,12,14,24H,5-7H2,1-3H3/t9?,12-,14?,19?,20?/m1/s1. The zero-order valence-electron chi connectivity index (χ0n) is 14.9. The van der Waals surface area contributed by atoms with Crippen molar-refractivity contribution >= 4 is 17.7 Å². The molecule has 2 saturated heterocycles. The van der Waals surface area contributed by atoms with Gasteiger partial charge in [-0.1, -0.05) is 6.92 Å². The summed E-state index contributed by atoms with van der Waals surface area (Å²) in [6.07, 6.45) is 0.704. The minimum atomic E-state index is -1.46. The molecule has 1 saturated carbocycles. The Hall–Kier alpha value is -2.21. The van der Waals surface area contributed by atoms with Gasteiger partial charge in [0.25, 0.3) is 0 Å². The highest BCUT2D eigenvalue weighted by atomic mass is 16.6. The molecule has 3 fully saturated rings. The largest absolute Gasteiger partial charge is 0.465 e. The van der Waals surface area contributed by atoms with Crippen molar-refractivity contribution in [3.05, 3.63) is 33.9 Å². The van der Waals surface area contributed by atoms with Gasteiger partial charge in [0.1, 0.15) is 17.1 Å². The van der Waals surface area contributed by atoms with E-state index in [2.05, 4.69) is 0 Å². The normalized spacial score (nSPS) is 38.8. The molecule has 0 radical (unpaired) electrons. The van der Waals surface area contributed by atoms with Crippen molar-refractivity contribution in [3.8, 4) is 0 Å². The third-order valence-corrected chi connectivity index (χ3v) is 7.30. The van der Waals surface area contributed by atoms with E-state index < -0.39 is 23.0 Å². The quantitative estimate of drug-likeness (QED) is 0.770. The van der Waals surface area contributed by atoms with Crippen molar-refractivity contribution in [2.75, 3.05) is 7.11 Å². The van der Waals surface area contributed by atoms with E-state index in [1.807, 2.05) is 13.8 Å². The Labute approximate surface area is 150 Å². The van der Waals surface area contributed by atoms with Gasteiger partial charge >= 0.3 is 11.9 Å². The molecule has 0 amide bonds. The molecule has 6 nitrogen and oxygen atoms in total. The predicted molar refractivity (Wildman–Crippen MR) is 88.7 cm³/mol. The van der Waals surface area contributed by atoms with Gasteiger partial charge in [-0.05, 0) is 42.9 Å². The van der Waals surface area contributed by atoms with Gasteiger partial charge in [0, 0.05) is 23.5 Å². The van der Waals surface area contributed by atoms with Crippen molar-refractivity contribution in [1.82, 2.24) is 0 Å². The number of hydrogen-bond donors (Lipinski definition) is 1. The number of rotatable bonds is 1. The first kappa shape index (κ1) is 16.0. The summed E-state index contributed by atoms with van der Waals surface area (Å²) in [5.74, 6) is -1.81. The number of aryl methyl sites for hydroxylation is 1. The summed E-state index contributed by atoms with van der Waals surface area (Å²) in [4.78, 5) is 38.3. The van der Waals surface area contributed by atoms with Crippen molar-refractivity contribution in [3.63, 3.8) is 0 Å². The number of aliphatic hydroxyl groups is 1. The first-order valence-electron chi connectivity index (χ1n) is 8.99. The van der Waals surface area contributed by atoms with Gasteiger partial charge in [-0.25, -0.2) is 4.79 Å². The highest BCUT2D eigenvalue weighted by Gasteiger charge is 2.77. The van der Waals surface area contributed by atoms with Gasteiger partial charge in [-0.3, -0.25) is 9.59 Å². The van der Waals surface area contributed by atoms with E-state index in [0.29, 0.717) is 18.4 Å². The monoisotopic (exact) mass is 356 g/mol. The second-order valence-electron chi connectivity index (χ2n) is 8.19. The molecule has 26 heavy (non-hydrogen) atoms. The first-order valence-corrected chi connectivity index (χ1v) is 8.99. The molecule has 2 bridgehead atoms. The molecule has 0 aromatic heterocycles. The van der Waals surface area contributed by atoms with Crippen LogP contribution in [0.1, 0.15) is 57.2 Å². The lowest BCUT2D eigenvalue weighted by molar-refractivity contribution is -0.270. The van der Waals surface area contributed by atoms with Crippen LogP contribution in [0.2, 0.25) is 0 Å². The lowest BCUT2D eigenvalue weighted by Gasteiger charge is -2.61. The minimum Gasteiger partial charge on any atom is -0.465 e. The predicted octanol–water partition coefficient (Wildman–Crippen LogP) is 1.68. The Morgan fingerprint density at radius 3 is 2.77 bits per heavy atom. The average Bonchev–Trinajstić information content (AvgIpc) is 2.92. The van der Waals surface area contributed by atoms with Crippen LogP contribution in [-0.2, 0) is 26.3 Å². The molecule has 1 N–H and O–H groups in total. The van der Waals surface area contributed by atoms with Gasteiger partial charge in [0.2, 0.25) is 0 Å². The topological polar surface area (TPSA) is 89.9 Å². The van der Waals surface area contributed by atoms with Crippen LogP contribution < -0.4 is 0 Å². The second-order valence-corrected chi connectivity index (χ2v) is 8.19. The van der Waals surface area contributed by atoms with Gasteiger partial charge in [0.05, 0.1) is 12.7 Å². The Kier molecular flexibility index (Phi) is 2.80. The summed E-state index contributed by atoms with van der Waals surface area (Å²) < 4.78 is 10.5. The highest BCUT2D eigenvalue weighted by Crippen LogP contribution is 2.69. The number of benzene rings is 1. The summed E-state index contributed by atoms with van der Waals surface area (Å²) in [5.41, 5.74) is -0.125. The van der Waals surface area contributed by atoms with Crippen LogP contribution in [-0.4, -0.2) is 36.0 Å². The third kappa shape index (κ3) is 1.41. The van der Waals surface area contributed by atoms with Crippen LogP contribution >= 0.6 is 0 Å². The Bertz CT molecular complexity index is 917. The third-order valence-electron chi connectivity index (χ3n) is 7.30. The molecule has 5 aliphatic rings. The van der Waals surface area contributed by atoms with Crippen LogP contribution in [0.15, 0.2) is 6.07 Å². The number of hydrogen-bond acceptors (Lipinski definition) is 6. The van der Waals surface area contributed by atoms with Gasteiger partial charge < -0.3 is 14.6 Å². The number of carbonyl (C=O) groups is 3. The van der Waals surface area contributed by atoms with Crippen LogP contribution in [0.5, 0.6) is 0 Å². The summed E-state index contributed by atoms with van der Waals surface area (Å²) in [6.45, 7) is 3.78. The van der Waals surface area contributed by atoms with E-state index in [4.69, 9.17) is 9.47 Å². The second kappa shape index (κ2) is 4.55. The zero-order valence-corrected chi connectivity index (χ0v) is 14.9. The fraction of sp³-hybridized carbons (Fsp3) is 0.550. The first-order chi connectivity index (χ1) is 12.3. The maximum Gasteiger partial charge on any atom is 0.338 e. The van der Waals surface area contributed by atoms with Crippen molar-refractivity contribution in [2.24, 2.45) is 17.3 Å². The fourth-order valence-electron chi connectivity index (χ4n) is 6.15. The number of carbonyl (C=O) groups excluding carboxylic acids is 3. The molecule has 1 aromatic rings. The van der Waals surface area contributed by atoms with Crippen LogP contribution in [0.25, 0.3) is 0 Å². The molecule has 3 aliphatic carbocycles. The molecule has 1 spiro atoms. The van der Waals surface area contributed by atoms with E-state index in [0.717, 1.165) is 11.1 Å². The molecule has 2 heterocycles. The number of Topliss-reactive ketones (excluding diaryl/α,β-unsaturated/α-hetero) is 1. The molecule has 136 valence electrons. The van der Waals surface area contributed by atoms with E-state index in [9.17, 15) is 19.5 Å². The average molecular weight is 356 g/mol. The molecular weight excluding hydrogens is 336 g/mol. The maximum absolute atomic E-state index is 13.2. The van der Waals surface area contributed by atoms with Gasteiger partial charge in [-0.15, -0.1) is 0 Å². The SMILES string of the molecule is COC(=O)c1cc(C)c2c3c1C(=O)CC14C(=O)OC(CC1C)[C@@H](C2)C34O. The van der Waals surface area contributed by atoms with Gasteiger partial charge in [0.15, 0.2) is 5.78 Å². The van der Waals surface area contributed by atoms with E-state index in [1.165, 1.54) is 7.11 Å². The van der Waals surface area contributed by atoms with Gasteiger partial charge in [-0.2, -0.15) is 0 Å². The Morgan fingerprint density at radius 2 is 2.12 bits per heavy atom. The van der Waals surface area contributed by atoms with E-state index in [-0.39, 0.29) is 41.3 Å². The molecular formula is C20H20O6. The summed E-state index contributed by atoms with van der Waals surface area (Å²) >= 11 is 0. The Morgan fingerprint density at radius 1 is 1.38 bits per heavy atom. The zero-order chi connectivity index (χ0) is 18.6. The summed E-state index contributed by atoms with van der Waals surface area (Å²) in [6, 6.07) is 1.67. The number of esters is 2. The molecule has 6 heteroatoms. The van der Waals surface area contributed by atoms with Crippen LogP contribution in [0, 0.1) is 24.2 Å². The Balaban J connectivity index is 1.90. The highest BCUT2D eigenvalue weighted by molar-refractivity contribution is 6.11. The fourth-order valence-corrected chi connectivity index (χ4v) is 6.15. The smallest absolute Gasteiger partial charge is 0.338 e. The molecule has 4 unspecified atom stereocenters. The molecule has 6 rings (SSSR count). The van der Waals surface area contributed by atoms with E-state index in [1.54, 1.807) is 6.07 Å².